The molecule has 1 atom stereocenters. The quantitative estimate of drug-likeness (QED) is 0.754. The molecule has 0 amide bonds. The third-order valence-corrected chi connectivity index (χ3v) is 2.77. The van der Waals surface area contributed by atoms with Gasteiger partial charge in [0.1, 0.15) is 6.61 Å². The highest BCUT2D eigenvalue weighted by Gasteiger charge is 2.12. The Morgan fingerprint density at radius 2 is 1.83 bits per heavy atom. The molecular formula is C14H18O4. The molecule has 0 fully saturated rings. The number of carbonyl (C=O) groups is 2. The SMILES string of the molecule is CCC(C)C(=O)OCc1ccc(C(=O)OC)cc1. The van der Waals surface area contributed by atoms with Gasteiger partial charge in [0.2, 0.25) is 0 Å². The minimum absolute atomic E-state index is 0.0839. The van der Waals surface area contributed by atoms with Crippen LogP contribution in [0.15, 0.2) is 24.3 Å². The molecule has 1 aromatic carbocycles. The van der Waals surface area contributed by atoms with Crippen LogP contribution in [0.25, 0.3) is 0 Å². The predicted octanol–water partition coefficient (Wildman–Crippen LogP) is 2.56. The average molecular weight is 250 g/mol. The van der Waals surface area contributed by atoms with Crippen molar-refractivity contribution in [1.82, 2.24) is 0 Å². The molecule has 0 aliphatic rings. The van der Waals surface area contributed by atoms with Gasteiger partial charge in [-0.2, -0.15) is 0 Å². The predicted molar refractivity (Wildman–Crippen MR) is 67.0 cm³/mol. The summed E-state index contributed by atoms with van der Waals surface area (Å²) in [5.74, 6) is -0.660. The Labute approximate surface area is 107 Å². The van der Waals surface area contributed by atoms with Crippen molar-refractivity contribution >= 4 is 11.9 Å². The van der Waals surface area contributed by atoms with E-state index in [4.69, 9.17) is 4.74 Å². The van der Waals surface area contributed by atoms with Crippen LogP contribution in [-0.2, 0) is 20.9 Å². The topological polar surface area (TPSA) is 52.6 Å². The van der Waals surface area contributed by atoms with E-state index in [2.05, 4.69) is 4.74 Å². The molecule has 1 rings (SSSR count). The number of ether oxygens (including phenoxy) is 2. The maximum Gasteiger partial charge on any atom is 0.337 e. The summed E-state index contributed by atoms with van der Waals surface area (Å²) in [6.45, 7) is 4.00. The smallest absolute Gasteiger partial charge is 0.337 e. The normalized spacial score (nSPS) is 11.7. The highest BCUT2D eigenvalue weighted by atomic mass is 16.5. The van der Waals surface area contributed by atoms with Crippen LogP contribution in [0, 0.1) is 5.92 Å². The van der Waals surface area contributed by atoms with Crippen LogP contribution in [0.5, 0.6) is 0 Å². The molecule has 0 bridgehead atoms. The lowest BCUT2D eigenvalue weighted by molar-refractivity contribution is -0.149. The summed E-state index contributed by atoms with van der Waals surface area (Å²) >= 11 is 0. The summed E-state index contributed by atoms with van der Waals surface area (Å²) in [6, 6.07) is 6.79. The van der Waals surface area contributed by atoms with Gasteiger partial charge in [-0.15, -0.1) is 0 Å². The third kappa shape index (κ3) is 3.87. The van der Waals surface area contributed by atoms with E-state index in [9.17, 15) is 9.59 Å². The molecule has 0 aliphatic carbocycles. The van der Waals surface area contributed by atoms with E-state index in [-0.39, 0.29) is 24.5 Å². The van der Waals surface area contributed by atoms with Crippen molar-refractivity contribution in [2.45, 2.75) is 26.9 Å². The van der Waals surface area contributed by atoms with Gasteiger partial charge in [-0.05, 0) is 24.1 Å². The van der Waals surface area contributed by atoms with Gasteiger partial charge >= 0.3 is 11.9 Å². The van der Waals surface area contributed by atoms with Crippen molar-refractivity contribution in [2.75, 3.05) is 7.11 Å². The Kier molecular flexibility index (Phi) is 5.36. The van der Waals surface area contributed by atoms with E-state index in [0.29, 0.717) is 5.56 Å². The lowest BCUT2D eigenvalue weighted by Gasteiger charge is -2.09. The molecule has 4 heteroatoms. The fraction of sp³-hybridized carbons (Fsp3) is 0.429. The van der Waals surface area contributed by atoms with E-state index in [1.807, 2.05) is 13.8 Å². The van der Waals surface area contributed by atoms with Crippen LogP contribution in [0.4, 0.5) is 0 Å². The first-order chi connectivity index (χ1) is 8.58. The number of methoxy groups -OCH3 is 1. The zero-order chi connectivity index (χ0) is 13.5. The standard InChI is InChI=1S/C14H18O4/c1-4-10(2)13(15)18-9-11-5-7-12(8-6-11)14(16)17-3/h5-8,10H,4,9H2,1-3H3. The molecule has 0 radical (unpaired) electrons. The molecule has 0 aromatic heterocycles. The minimum atomic E-state index is -0.377. The van der Waals surface area contributed by atoms with Gasteiger partial charge in [-0.25, -0.2) is 4.79 Å². The molecule has 0 spiro atoms. The van der Waals surface area contributed by atoms with Crippen molar-refractivity contribution in [3.05, 3.63) is 35.4 Å². The van der Waals surface area contributed by atoms with Crippen molar-refractivity contribution in [2.24, 2.45) is 5.92 Å². The minimum Gasteiger partial charge on any atom is -0.465 e. The van der Waals surface area contributed by atoms with Crippen LogP contribution in [0.1, 0.15) is 36.2 Å². The van der Waals surface area contributed by atoms with Crippen LogP contribution in [0.3, 0.4) is 0 Å². The van der Waals surface area contributed by atoms with Gasteiger partial charge < -0.3 is 9.47 Å². The van der Waals surface area contributed by atoms with Crippen molar-refractivity contribution in [1.29, 1.82) is 0 Å². The number of hydrogen-bond donors (Lipinski definition) is 0. The zero-order valence-electron chi connectivity index (χ0n) is 10.9. The van der Waals surface area contributed by atoms with E-state index >= 15 is 0 Å². The Morgan fingerprint density at radius 3 is 2.33 bits per heavy atom. The molecule has 18 heavy (non-hydrogen) atoms. The first-order valence-electron chi connectivity index (χ1n) is 5.92. The van der Waals surface area contributed by atoms with Gasteiger partial charge in [0.05, 0.1) is 18.6 Å². The Morgan fingerprint density at radius 1 is 1.22 bits per heavy atom. The molecule has 0 N–H and O–H groups in total. The van der Waals surface area contributed by atoms with E-state index in [1.54, 1.807) is 24.3 Å². The molecule has 4 nitrogen and oxygen atoms in total. The molecule has 1 aromatic rings. The van der Waals surface area contributed by atoms with Crippen LogP contribution in [-0.4, -0.2) is 19.0 Å². The van der Waals surface area contributed by atoms with Crippen molar-refractivity contribution in [3.63, 3.8) is 0 Å². The monoisotopic (exact) mass is 250 g/mol. The molecule has 1 unspecified atom stereocenters. The number of carbonyl (C=O) groups excluding carboxylic acids is 2. The van der Waals surface area contributed by atoms with Gasteiger partial charge in [0.25, 0.3) is 0 Å². The van der Waals surface area contributed by atoms with Crippen LogP contribution in [0.2, 0.25) is 0 Å². The zero-order valence-corrected chi connectivity index (χ0v) is 10.9. The van der Waals surface area contributed by atoms with Gasteiger partial charge in [-0.1, -0.05) is 26.0 Å². The summed E-state index contributed by atoms with van der Waals surface area (Å²) in [6.07, 6.45) is 0.764. The van der Waals surface area contributed by atoms with E-state index in [0.717, 1.165) is 12.0 Å². The molecule has 0 heterocycles. The number of esters is 2. The Bertz CT molecular complexity index is 408. The second-order valence-corrected chi connectivity index (χ2v) is 4.11. The van der Waals surface area contributed by atoms with Crippen molar-refractivity contribution in [3.8, 4) is 0 Å². The highest BCUT2D eigenvalue weighted by molar-refractivity contribution is 5.89. The van der Waals surface area contributed by atoms with E-state index in [1.165, 1.54) is 7.11 Å². The summed E-state index contributed by atoms with van der Waals surface area (Å²) in [5, 5.41) is 0. The fourth-order valence-electron chi connectivity index (χ4n) is 1.32. The van der Waals surface area contributed by atoms with Gasteiger partial charge in [-0.3, -0.25) is 4.79 Å². The number of rotatable bonds is 5. The summed E-state index contributed by atoms with van der Waals surface area (Å²) in [7, 11) is 1.34. The Balaban J connectivity index is 2.54. The first kappa shape index (κ1) is 14.2. The summed E-state index contributed by atoms with van der Waals surface area (Å²) < 4.78 is 9.75. The molecule has 0 saturated carbocycles. The van der Waals surface area contributed by atoms with E-state index < -0.39 is 0 Å². The summed E-state index contributed by atoms with van der Waals surface area (Å²) in [5.41, 5.74) is 1.33. The molecular weight excluding hydrogens is 232 g/mol. The fourth-order valence-corrected chi connectivity index (χ4v) is 1.32. The maximum absolute atomic E-state index is 11.5. The second-order valence-electron chi connectivity index (χ2n) is 4.11. The number of benzene rings is 1. The summed E-state index contributed by atoms with van der Waals surface area (Å²) in [4.78, 5) is 22.7. The maximum atomic E-state index is 11.5. The molecule has 0 aliphatic heterocycles. The largest absolute Gasteiger partial charge is 0.465 e. The highest BCUT2D eigenvalue weighted by Crippen LogP contribution is 2.09. The van der Waals surface area contributed by atoms with Crippen LogP contribution >= 0.6 is 0 Å². The van der Waals surface area contributed by atoms with Crippen molar-refractivity contribution < 1.29 is 19.1 Å². The first-order valence-corrected chi connectivity index (χ1v) is 5.92. The lowest BCUT2D eigenvalue weighted by atomic mass is 10.1. The molecule has 0 saturated heterocycles. The second kappa shape index (κ2) is 6.79. The molecule has 98 valence electrons. The lowest BCUT2D eigenvalue weighted by Crippen LogP contribution is -2.13. The van der Waals surface area contributed by atoms with Gasteiger partial charge in [0, 0.05) is 0 Å². The number of hydrogen-bond acceptors (Lipinski definition) is 4. The average Bonchev–Trinajstić information content (AvgIpc) is 2.43. The van der Waals surface area contributed by atoms with Gasteiger partial charge in [0.15, 0.2) is 0 Å². The van der Waals surface area contributed by atoms with Crippen LogP contribution < -0.4 is 0 Å². The Hall–Kier alpha value is -1.84. The third-order valence-electron chi connectivity index (χ3n) is 2.77.